The third-order valence-electron chi connectivity index (χ3n) is 7.88. The van der Waals surface area contributed by atoms with E-state index in [0.717, 1.165) is 31.4 Å². The molecular weight excluding hydrogens is 346 g/mol. The molecule has 1 spiro atoms. The standard InChI is InChI=1S/C25H43NO2/c1-6-19(3)21(5)16-24(20(4)7-2)28-23-17-25(18-23)10-12-26(13-11-25)22-8-14-27-15-9-22/h16,19,22-23H,6-15,17-18H2,1-5H3/b21-16-,24-20?. The quantitative estimate of drug-likeness (QED) is 0.388. The summed E-state index contributed by atoms with van der Waals surface area (Å²) in [5, 5.41) is 0. The first-order chi connectivity index (χ1) is 13.5. The summed E-state index contributed by atoms with van der Waals surface area (Å²) in [5.74, 6) is 1.78. The average Bonchev–Trinajstić information content (AvgIpc) is 2.71. The average molecular weight is 390 g/mol. The second kappa shape index (κ2) is 9.80. The van der Waals surface area contributed by atoms with E-state index in [1.165, 1.54) is 69.2 Å². The van der Waals surface area contributed by atoms with Crippen molar-refractivity contribution in [1.82, 2.24) is 4.90 Å². The summed E-state index contributed by atoms with van der Waals surface area (Å²) in [6.07, 6.45) is 12.7. The maximum Gasteiger partial charge on any atom is 0.118 e. The van der Waals surface area contributed by atoms with Crippen molar-refractivity contribution >= 4 is 0 Å². The van der Waals surface area contributed by atoms with Gasteiger partial charge in [-0.3, -0.25) is 0 Å². The molecule has 0 radical (unpaired) electrons. The van der Waals surface area contributed by atoms with Crippen LogP contribution in [0.15, 0.2) is 23.0 Å². The van der Waals surface area contributed by atoms with Crippen LogP contribution in [0.3, 0.4) is 0 Å². The summed E-state index contributed by atoms with van der Waals surface area (Å²) in [5.41, 5.74) is 3.40. The van der Waals surface area contributed by atoms with Crippen LogP contribution in [-0.4, -0.2) is 43.3 Å². The molecule has 3 heteroatoms. The fourth-order valence-electron chi connectivity index (χ4n) is 5.09. The molecule has 1 unspecified atom stereocenters. The molecule has 0 aromatic rings. The molecule has 3 fully saturated rings. The third kappa shape index (κ3) is 5.21. The zero-order chi connectivity index (χ0) is 20.1. The molecule has 0 bridgehead atoms. The van der Waals surface area contributed by atoms with E-state index in [0.29, 0.717) is 17.4 Å². The van der Waals surface area contributed by atoms with Gasteiger partial charge in [0.1, 0.15) is 5.76 Å². The third-order valence-corrected chi connectivity index (χ3v) is 7.88. The van der Waals surface area contributed by atoms with Crippen LogP contribution < -0.4 is 0 Å². The Balaban J connectivity index is 1.51. The van der Waals surface area contributed by atoms with Crippen molar-refractivity contribution in [3.8, 4) is 0 Å². The predicted octanol–water partition coefficient (Wildman–Crippen LogP) is 6.10. The molecule has 0 N–H and O–H groups in total. The smallest absolute Gasteiger partial charge is 0.118 e. The maximum atomic E-state index is 6.55. The van der Waals surface area contributed by atoms with Gasteiger partial charge in [0, 0.05) is 19.3 Å². The molecule has 2 heterocycles. The van der Waals surface area contributed by atoms with Gasteiger partial charge in [-0.1, -0.05) is 26.3 Å². The maximum absolute atomic E-state index is 6.55. The first-order valence-electron chi connectivity index (χ1n) is 11.8. The molecule has 0 aromatic carbocycles. The molecule has 2 aliphatic heterocycles. The van der Waals surface area contributed by atoms with Gasteiger partial charge in [0.25, 0.3) is 0 Å². The highest BCUT2D eigenvalue weighted by molar-refractivity contribution is 5.24. The first kappa shape index (κ1) is 21.9. The molecule has 1 saturated carbocycles. The lowest BCUT2D eigenvalue weighted by Gasteiger charge is -2.53. The van der Waals surface area contributed by atoms with E-state index in [1.807, 2.05) is 0 Å². The van der Waals surface area contributed by atoms with E-state index in [1.54, 1.807) is 0 Å². The Bertz CT molecular complexity index is 557. The topological polar surface area (TPSA) is 21.7 Å². The van der Waals surface area contributed by atoms with E-state index in [2.05, 4.69) is 45.6 Å². The summed E-state index contributed by atoms with van der Waals surface area (Å²) in [6.45, 7) is 15.8. The lowest BCUT2D eigenvalue weighted by atomic mass is 9.61. The van der Waals surface area contributed by atoms with Crippen LogP contribution in [0.2, 0.25) is 0 Å². The molecule has 2 saturated heterocycles. The van der Waals surface area contributed by atoms with Crippen LogP contribution in [0, 0.1) is 11.3 Å². The normalized spacial score (nSPS) is 26.7. The Labute approximate surface area is 173 Å². The van der Waals surface area contributed by atoms with Crippen molar-refractivity contribution in [3.63, 3.8) is 0 Å². The van der Waals surface area contributed by atoms with Crippen LogP contribution in [0.25, 0.3) is 0 Å². The lowest BCUT2D eigenvalue weighted by molar-refractivity contribution is -0.0900. The van der Waals surface area contributed by atoms with E-state index < -0.39 is 0 Å². The van der Waals surface area contributed by atoms with Crippen molar-refractivity contribution in [2.24, 2.45) is 11.3 Å². The lowest BCUT2D eigenvalue weighted by Crippen LogP contribution is -2.52. The molecule has 0 aromatic heterocycles. The molecule has 3 rings (SSSR count). The Kier molecular flexibility index (Phi) is 7.67. The fraction of sp³-hybridized carbons (Fsp3) is 0.840. The summed E-state index contributed by atoms with van der Waals surface area (Å²) in [6, 6.07) is 0.772. The Hall–Kier alpha value is -0.800. The molecule has 160 valence electrons. The Morgan fingerprint density at radius 3 is 2.36 bits per heavy atom. The van der Waals surface area contributed by atoms with Gasteiger partial charge in [-0.05, 0) is 101 Å². The highest BCUT2D eigenvalue weighted by Crippen LogP contribution is 2.51. The molecule has 0 amide bonds. The minimum Gasteiger partial charge on any atom is -0.490 e. The van der Waals surface area contributed by atoms with Crippen LogP contribution in [0.5, 0.6) is 0 Å². The zero-order valence-electron chi connectivity index (χ0n) is 19.1. The Morgan fingerprint density at radius 2 is 1.79 bits per heavy atom. The fourth-order valence-corrected chi connectivity index (χ4v) is 5.09. The van der Waals surface area contributed by atoms with Gasteiger partial charge in [0.05, 0.1) is 6.10 Å². The summed E-state index contributed by atoms with van der Waals surface area (Å²) in [7, 11) is 0. The highest BCUT2D eigenvalue weighted by atomic mass is 16.5. The molecule has 1 aliphatic carbocycles. The van der Waals surface area contributed by atoms with Gasteiger partial charge in [-0.2, -0.15) is 0 Å². The first-order valence-corrected chi connectivity index (χ1v) is 11.8. The Morgan fingerprint density at radius 1 is 1.14 bits per heavy atom. The van der Waals surface area contributed by atoms with Crippen LogP contribution in [0.4, 0.5) is 0 Å². The van der Waals surface area contributed by atoms with Crippen LogP contribution >= 0.6 is 0 Å². The van der Waals surface area contributed by atoms with E-state index in [9.17, 15) is 0 Å². The second-order valence-electron chi connectivity index (χ2n) is 9.72. The van der Waals surface area contributed by atoms with Gasteiger partial charge in [0.15, 0.2) is 0 Å². The molecule has 3 aliphatic rings. The molecule has 3 nitrogen and oxygen atoms in total. The van der Waals surface area contributed by atoms with Crippen LogP contribution in [-0.2, 0) is 9.47 Å². The van der Waals surface area contributed by atoms with Gasteiger partial charge in [-0.25, -0.2) is 0 Å². The van der Waals surface area contributed by atoms with Crippen molar-refractivity contribution < 1.29 is 9.47 Å². The summed E-state index contributed by atoms with van der Waals surface area (Å²) >= 11 is 0. The second-order valence-corrected chi connectivity index (χ2v) is 9.72. The largest absolute Gasteiger partial charge is 0.490 e. The minimum absolute atomic E-state index is 0.423. The van der Waals surface area contributed by atoms with Crippen molar-refractivity contribution in [2.45, 2.75) is 98.1 Å². The monoisotopic (exact) mass is 389 g/mol. The SMILES string of the molecule is CCC(C)=C(/C=C(/C)C(C)CC)OC1CC2(CCN(C3CCOCC3)CC2)C1. The number of hydrogen-bond donors (Lipinski definition) is 0. The van der Waals surface area contributed by atoms with Gasteiger partial charge < -0.3 is 14.4 Å². The van der Waals surface area contributed by atoms with Gasteiger partial charge in [0.2, 0.25) is 0 Å². The summed E-state index contributed by atoms with van der Waals surface area (Å²) in [4.78, 5) is 2.74. The molecule has 1 atom stereocenters. The highest BCUT2D eigenvalue weighted by Gasteiger charge is 2.47. The predicted molar refractivity (Wildman–Crippen MR) is 117 cm³/mol. The van der Waals surface area contributed by atoms with E-state index in [-0.39, 0.29) is 0 Å². The number of piperidine rings is 1. The van der Waals surface area contributed by atoms with Crippen molar-refractivity contribution in [1.29, 1.82) is 0 Å². The number of hydrogen-bond acceptors (Lipinski definition) is 3. The number of nitrogens with zero attached hydrogens (tertiary/aromatic N) is 1. The number of allylic oxidation sites excluding steroid dienone is 3. The van der Waals surface area contributed by atoms with Gasteiger partial charge >= 0.3 is 0 Å². The van der Waals surface area contributed by atoms with Crippen molar-refractivity contribution in [3.05, 3.63) is 23.0 Å². The number of likely N-dealkylation sites (tertiary alicyclic amines) is 1. The summed E-state index contributed by atoms with van der Waals surface area (Å²) < 4.78 is 12.1. The minimum atomic E-state index is 0.423. The molecule has 28 heavy (non-hydrogen) atoms. The van der Waals surface area contributed by atoms with Crippen LogP contribution in [0.1, 0.15) is 86.0 Å². The number of ether oxygens (including phenoxy) is 2. The van der Waals surface area contributed by atoms with Gasteiger partial charge in [-0.15, -0.1) is 0 Å². The zero-order valence-corrected chi connectivity index (χ0v) is 19.1. The number of rotatable bonds is 7. The molecular formula is C25H43NO2. The van der Waals surface area contributed by atoms with Crippen molar-refractivity contribution in [2.75, 3.05) is 26.3 Å². The van der Waals surface area contributed by atoms with E-state index in [4.69, 9.17) is 9.47 Å². The van der Waals surface area contributed by atoms with E-state index >= 15 is 0 Å².